The van der Waals surface area contributed by atoms with Crippen molar-refractivity contribution >= 4 is 23.8 Å². The molecule has 0 aliphatic heterocycles. The van der Waals surface area contributed by atoms with Gasteiger partial charge in [0.15, 0.2) is 6.04 Å². The molecule has 0 heterocycles. The Labute approximate surface area is 179 Å². The summed E-state index contributed by atoms with van der Waals surface area (Å²) in [5.41, 5.74) is 2.00. The minimum atomic E-state index is -1.52. The van der Waals surface area contributed by atoms with Crippen molar-refractivity contribution in [1.82, 2.24) is 5.32 Å². The standard InChI is InChI=1S/C24H22N2O5/c27-20-12-5-4-9-18(20)15-25-19-11-6-10-17(14-19)23(29)22(24(30)31)26-21(28)13-16-7-2-1-3-8-16/h1-12,14-15,22-23,27,29H,13H2,(H,26,28)(H,30,31). The molecule has 3 aromatic rings. The fourth-order valence-electron chi connectivity index (χ4n) is 3.00. The first-order chi connectivity index (χ1) is 14.9. The van der Waals surface area contributed by atoms with Gasteiger partial charge in [0.25, 0.3) is 0 Å². The van der Waals surface area contributed by atoms with E-state index >= 15 is 0 Å². The van der Waals surface area contributed by atoms with Crippen LogP contribution in [-0.4, -0.2) is 39.5 Å². The lowest BCUT2D eigenvalue weighted by Gasteiger charge is -2.21. The minimum Gasteiger partial charge on any atom is -0.507 e. The number of hydrogen-bond acceptors (Lipinski definition) is 5. The number of nitrogens with zero attached hydrogens (tertiary/aromatic N) is 1. The highest BCUT2D eigenvalue weighted by atomic mass is 16.4. The number of carboxylic acid groups (broad SMARTS) is 1. The summed E-state index contributed by atoms with van der Waals surface area (Å²) in [5, 5.41) is 32.4. The summed E-state index contributed by atoms with van der Waals surface area (Å²) in [5.74, 6) is -1.78. The summed E-state index contributed by atoms with van der Waals surface area (Å²) in [7, 11) is 0. The van der Waals surface area contributed by atoms with Crippen molar-refractivity contribution < 1.29 is 24.9 Å². The van der Waals surface area contributed by atoms with Gasteiger partial charge >= 0.3 is 5.97 Å². The number of para-hydroxylation sites is 1. The second-order valence-corrected chi connectivity index (χ2v) is 6.90. The second-order valence-electron chi connectivity index (χ2n) is 6.90. The molecule has 1 amide bonds. The average Bonchev–Trinajstić information content (AvgIpc) is 2.77. The van der Waals surface area contributed by atoms with Gasteiger partial charge in [-0.1, -0.05) is 54.6 Å². The van der Waals surface area contributed by atoms with Crippen LogP contribution in [-0.2, 0) is 16.0 Å². The molecule has 0 aliphatic rings. The van der Waals surface area contributed by atoms with Crippen molar-refractivity contribution in [3.63, 3.8) is 0 Å². The molecule has 2 atom stereocenters. The van der Waals surface area contributed by atoms with Crippen molar-refractivity contribution in [2.75, 3.05) is 0 Å². The van der Waals surface area contributed by atoms with Crippen LogP contribution in [0.3, 0.4) is 0 Å². The Balaban J connectivity index is 1.74. The first kappa shape index (κ1) is 21.7. The van der Waals surface area contributed by atoms with Gasteiger partial charge < -0.3 is 20.6 Å². The molecule has 4 N–H and O–H groups in total. The van der Waals surface area contributed by atoms with E-state index in [1.165, 1.54) is 18.3 Å². The van der Waals surface area contributed by atoms with E-state index in [0.717, 1.165) is 5.56 Å². The van der Waals surface area contributed by atoms with Gasteiger partial charge in [0.1, 0.15) is 11.9 Å². The third kappa shape index (κ3) is 6.01. The number of carbonyl (C=O) groups is 2. The fourth-order valence-corrected chi connectivity index (χ4v) is 3.00. The first-order valence-corrected chi connectivity index (χ1v) is 9.60. The molecule has 2 unspecified atom stereocenters. The van der Waals surface area contributed by atoms with Gasteiger partial charge in [-0.2, -0.15) is 0 Å². The minimum absolute atomic E-state index is 0.00222. The molecular formula is C24H22N2O5. The average molecular weight is 418 g/mol. The van der Waals surface area contributed by atoms with E-state index < -0.39 is 24.0 Å². The van der Waals surface area contributed by atoms with Crippen molar-refractivity contribution in [3.05, 3.63) is 95.6 Å². The summed E-state index contributed by atoms with van der Waals surface area (Å²) in [6.45, 7) is 0. The molecular weight excluding hydrogens is 396 g/mol. The number of aliphatic hydroxyl groups is 1. The molecule has 0 spiro atoms. The smallest absolute Gasteiger partial charge is 0.329 e. The van der Waals surface area contributed by atoms with Crippen LogP contribution in [0, 0.1) is 0 Å². The van der Waals surface area contributed by atoms with E-state index in [2.05, 4.69) is 10.3 Å². The quantitative estimate of drug-likeness (QED) is 0.419. The van der Waals surface area contributed by atoms with Crippen molar-refractivity contribution in [2.24, 2.45) is 4.99 Å². The number of hydrogen-bond donors (Lipinski definition) is 4. The van der Waals surface area contributed by atoms with Gasteiger partial charge in [0, 0.05) is 11.8 Å². The van der Waals surface area contributed by atoms with Gasteiger partial charge in [0.05, 0.1) is 12.1 Å². The third-order valence-electron chi connectivity index (χ3n) is 4.61. The summed E-state index contributed by atoms with van der Waals surface area (Å²) >= 11 is 0. The zero-order chi connectivity index (χ0) is 22.2. The number of nitrogens with one attached hydrogen (secondary N) is 1. The molecule has 0 saturated heterocycles. The highest BCUT2D eigenvalue weighted by molar-refractivity contribution is 5.86. The highest BCUT2D eigenvalue weighted by Crippen LogP contribution is 2.23. The van der Waals surface area contributed by atoms with E-state index in [9.17, 15) is 24.9 Å². The van der Waals surface area contributed by atoms with E-state index in [0.29, 0.717) is 16.8 Å². The van der Waals surface area contributed by atoms with Crippen molar-refractivity contribution in [1.29, 1.82) is 0 Å². The van der Waals surface area contributed by atoms with Crippen LogP contribution in [0.2, 0.25) is 0 Å². The lowest BCUT2D eigenvalue weighted by atomic mass is 10.0. The molecule has 3 rings (SSSR count). The number of carbonyl (C=O) groups excluding carboxylic acids is 1. The van der Waals surface area contributed by atoms with Crippen LogP contribution in [0.25, 0.3) is 0 Å². The Morgan fingerprint density at radius 2 is 1.68 bits per heavy atom. The number of aliphatic carboxylic acids is 1. The fraction of sp³-hybridized carbons (Fsp3) is 0.125. The van der Waals surface area contributed by atoms with Gasteiger partial charge in [-0.25, -0.2) is 4.79 Å². The van der Waals surface area contributed by atoms with Crippen molar-refractivity contribution in [3.8, 4) is 5.75 Å². The number of phenols is 1. The maximum absolute atomic E-state index is 12.3. The molecule has 0 saturated carbocycles. The second kappa shape index (κ2) is 10.2. The van der Waals surface area contributed by atoms with Crippen LogP contribution in [0.5, 0.6) is 5.75 Å². The Hall–Kier alpha value is -3.97. The number of amides is 1. The topological polar surface area (TPSA) is 119 Å². The maximum atomic E-state index is 12.3. The Bertz CT molecular complexity index is 1080. The molecule has 31 heavy (non-hydrogen) atoms. The number of carboxylic acids is 1. The Morgan fingerprint density at radius 1 is 0.968 bits per heavy atom. The number of aliphatic hydroxyl groups excluding tert-OH is 1. The van der Waals surface area contributed by atoms with Crippen molar-refractivity contribution in [2.45, 2.75) is 18.6 Å². The number of rotatable bonds is 8. The highest BCUT2D eigenvalue weighted by Gasteiger charge is 2.29. The molecule has 158 valence electrons. The van der Waals surface area contributed by atoms with Gasteiger partial charge in [0.2, 0.25) is 5.91 Å². The van der Waals surface area contributed by atoms with Gasteiger partial charge in [-0.15, -0.1) is 0 Å². The molecule has 0 aromatic heterocycles. The summed E-state index contributed by atoms with van der Waals surface area (Å²) in [6, 6.07) is 20.5. The largest absolute Gasteiger partial charge is 0.507 e. The summed E-state index contributed by atoms with van der Waals surface area (Å²) in [4.78, 5) is 28.3. The molecule has 0 aliphatic carbocycles. The number of aromatic hydroxyl groups is 1. The molecule has 7 heteroatoms. The Kier molecular flexibility index (Phi) is 7.13. The van der Waals surface area contributed by atoms with Crippen LogP contribution < -0.4 is 5.32 Å². The van der Waals surface area contributed by atoms with E-state index in [1.54, 1.807) is 60.7 Å². The van der Waals surface area contributed by atoms with Crippen LogP contribution in [0.15, 0.2) is 83.9 Å². The van der Waals surface area contributed by atoms with Crippen LogP contribution in [0.1, 0.15) is 22.8 Å². The lowest BCUT2D eigenvalue weighted by Crippen LogP contribution is -2.45. The molecule has 0 radical (unpaired) electrons. The zero-order valence-electron chi connectivity index (χ0n) is 16.6. The molecule has 3 aromatic carbocycles. The van der Waals surface area contributed by atoms with Gasteiger partial charge in [-0.05, 0) is 35.4 Å². The molecule has 0 fully saturated rings. The Morgan fingerprint density at radius 3 is 2.39 bits per heavy atom. The summed E-state index contributed by atoms with van der Waals surface area (Å²) < 4.78 is 0. The van der Waals surface area contributed by atoms with Crippen LogP contribution >= 0.6 is 0 Å². The predicted molar refractivity (Wildman–Crippen MR) is 116 cm³/mol. The van der Waals surface area contributed by atoms with Crippen LogP contribution in [0.4, 0.5) is 5.69 Å². The summed E-state index contributed by atoms with van der Waals surface area (Å²) in [6.07, 6.45) is -0.00292. The van der Waals surface area contributed by atoms with Gasteiger partial charge in [-0.3, -0.25) is 9.79 Å². The number of aliphatic imine (C=N–C) groups is 1. The number of phenolic OH excluding ortho intramolecular Hbond substituents is 1. The molecule has 7 nitrogen and oxygen atoms in total. The number of benzene rings is 3. The maximum Gasteiger partial charge on any atom is 0.329 e. The zero-order valence-corrected chi connectivity index (χ0v) is 16.6. The lowest BCUT2D eigenvalue weighted by molar-refractivity contribution is -0.145. The normalized spacial score (nSPS) is 12.9. The predicted octanol–water partition coefficient (Wildman–Crippen LogP) is 2.99. The SMILES string of the molecule is O=C(Cc1ccccc1)NC(C(=O)O)C(O)c1cccc(N=Cc2ccccc2O)c1. The van der Waals surface area contributed by atoms with E-state index in [1.807, 2.05) is 6.07 Å². The van der Waals surface area contributed by atoms with E-state index in [4.69, 9.17) is 0 Å². The van der Waals surface area contributed by atoms with E-state index in [-0.39, 0.29) is 12.2 Å². The molecule has 0 bridgehead atoms. The first-order valence-electron chi connectivity index (χ1n) is 9.60. The monoisotopic (exact) mass is 418 g/mol. The third-order valence-corrected chi connectivity index (χ3v) is 4.61.